The number of carbonyl (C=O) groups is 3. The van der Waals surface area contributed by atoms with E-state index in [4.69, 9.17) is 5.11 Å². The maximum Gasteiger partial charge on any atom is 0.306 e. The third-order valence-electron chi connectivity index (χ3n) is 17.3. The van der Waals surface area contributed by atoms with Crippen LogP contribution in [0.25, 0.3) is 0 Å². The summed E-state index contributed by atoms with van der Waals surface area (Å²) >= 11 is 0. The molecule has 1 unspecified atom stereocenters. The van der Waals surface area contributed by atoms with Crippen LogP contribution in [-0.2, 0) is 14.4 Å². The number of rotatable bonds is 16. The van der Waals surface area contributed by atoms with Crippen LogP contribution in [0.3, 0.4) is 0 Å². The Hall–Kier alpha value is -1.93. The van der Waals surface area contributed by atoms with Crippen molar-refractivity contribution in [3.63, 3.8) is 0 Å². The van der Waals surface area contributed by atoms with Crippen molar-refractivity contribution in [3.05, 3.63) is 12.2 Å². The molecule has 0 spiro atoms. The van der Waals surface area contributed by atoms with Crippen molar-refractivity contribution < 1.29 is 29.7 Å². The second-order valence-corrected chi connectivity index (χ2v) is 21.0. The molecule has 0 heterocycles. The van der Waals surface area contributed by atoms with Gasteiger partial charge in [-0.05, 0) is 148 Å². The molecule has 0 radical (unpaired) electrons. The lowest BCUT2D eigenvalue weighted by Crippen LogP contribution is -2.67. The summed E-state index contributed by atoms with van der Waals surface area (Å²) in [6.45, 7) is 23.9. The highest BCUT2D eigenvalue weighted by Gasteiger charge is 2.71. The molecule has 5 aliphatic carbocycles. The van der Waals surface area contributed by atoms with Crippen LogP contribution in [0, 0.1) is 62.6 Å². The Labute approximate surface area is 327 Å². The van der Waals surface area contributed by atoms with E-state index in [1.807, 2.05) is 13.8 Å². The van der Waals surface area contributed by atoms with Gasteiger partial charge in [0.1, 0.15) is 0 Å². The summed E-state index contributed by atoms with van der Waals surface area (Å²) in [5.74, 6) is 1.75. The van der Waals surface area contributed by atoms with Crippen LogP contribution in [0.2, 0.25) is 0 Å². The third-order valence-corrected chi connectivity index (χ3v) is 17.3. The zero-order valence-corrected chi connectivity index (χ0v) is 35.4. The summed E-state index contributed by atoms with van der Waals surface area (Å²) in [6.07, 6.45) is 14.8. The predicted molar refractivity (Wildman–Crippen MR) is 215 cm³/mol. The monoisotopic (exact) mass is 755 g/mol. The zero-order chi connectivity index (χ0) is 39.9. The van der Waals surface area contributed by atoms with E-state index >= 15 is 0 Å². The molecule has 5 saturated carbocycles. The lowest BCUT2D eigenvalue weighted by atomic mass is 9.32. The van der Waals surface area contributed by atoms with Crippen molar-refractivity contribution in [3.8, 4) is 0 Å². The number of aliphatic hydroxyl groups is 2. The summed E-state index contributed by atoms with van der Waals surface area (Å²) in [4.78, 5) is 38.2. The number of carboxylic acids is 1. The maximum absolute atomic E-state index is 14.5. The molecule has 5 fully saturated rings. The molecule has 0 aliphatic heterocycles. The molecule has 8 nitrogen and oxygen atoms in total. The van der Waals surface area contributed by atoms with E-state index in [9.17, 15) is 24.6 Å². The molecule has 12 atom stereocenters. The summed E-state index contributed by atoms with van der Waals surface area (Å²) < 4.78 is 0. The number of fused-ring (bicyclic) bond motifs is 7. The SMILES string of the molecule is C=C(C)[C@@H]1CC[C@]2(C(=O)NCCCCCCCC(=O)N[C@@H](CC(C)C)[C@@H](O)CC(=O)O)CC[C@]3(C)[C@H](CC[C@@H]4[C@@]5(C)CC[C@H](O)C(C)(C)[C@@H]5CC[C@]43C)C12. The Morgan fingerprint density at radius 3 is 2.17 bits per heavy atom. The highest BCUT2D eigenvalue weighted by molar-refractivity contribution is 5.84. The molecule has 5 rings (SSSR count). The van der Waals surface area contributed by atoms with Gasteiger partial charge in [-0.25, -0.2) is 0 Å². The largest absolute Gasteiger partial charge is 0.481 e. The van der Waals surface area contributed by atoms with E-state index in [0.29, 0.717) is 49.0 Å². The van der Waals surface area contributed by atoms with Gasteiger partial charge in [-0.15, -0.1) is 0 Å². The average Bonchev–Trinajstić information content (AvgIpc) is 3.49. The van der Waals surface area contributed by atoms with E-state index in [1.54, 1.807) is 0 Å². The molecule has 0 saturated heterocycles. The van der Waals surface area contributed by atoms with Crippen LogP contribution in [-0.4, -0.2) is 57.9 Å². The number of unbranched alkanes of at least 4 members (excludes halogenated alkanes) is 4. The van der Waals surface area contributed by atoms with Crippen molar-refractivity contribution in [2.45, 2.75) is 189 Å². The summed E-state index contributed by atoms with van der Waals surface area (Å²) in [5, 5.41) is 36.8. The second kappa shape index (κ2) is 16.5. The van der Waals surface area contributed by atoms with E-state index in [1.165, 1.54) is 31.3 Å². The third kappa shape index (κ3) is 7.83. The summed E-state index contributed by atoms with van der Waals surface area (Å²) in [6, 6.07) is -0.554. The first-order valence-corrected chi connectivity index (χ1v) is 22.1. The van der Waals surface area contributed by atoms with Crippen molar-refractivity contribution in [2.24, 2.45) is 62.6 Å². The van der Waals surface area contributed by atoms with Crippen LogP contribution in [0.15, 0.2) is 12.2 Å². The maximum atomic E-state index is 14.5. The normalized spacial score (nSPS) is 39.3. The molecular weight excluding hydrogens is 677 g/mol. The predicted octanol–water partition coefficient (Wildman–Crippen LogP) is 8.83. The molecule has 0 bridgehead atoms. The first kappa shape index (κ1) is 43.2. The van der Waals surface area contributed by atoms with Gasteiger partial charge < -0.3 is 26.0 Å². The van der Waals surface area contributed by atoms with E-state index in [0.717, 1.165) is 70.6 Å². The molecule has 5 aliphatic rings. The first-order chi connectivity index (χ1) is 25.2. The van der Waals surface area contributed by atoms with Crippen LogP contribution in [0.4, 0.5) is 0 Å². The van der Waals surface area contributed by atoms with Gasteiger partial charge in [0.05, 0.1) is 30.1 Å². The van der Waals surface area contributed by atoms with Crippen LogP contribution in [0.5, 0.6) is 0 Å². The molecule has 308 valence electrons. The molecule has 2 amide bonds. The highest BCUT2D eigenvalue weighted by atomic mass is 16.4. The number of aliphatic hydroxyl groups excluding tert-OH is 2. The summed E-state index contributed by atoms with van der Waals surface area (Å²) in [7, 11) is 0. The number of hydrogen-bond donors (Lipinski definition) is 5. The average molecular weight is 755 g/mol. The van der Waals surface area contributed by atoms with Gasteiger partial charge in [0.15, 0.2) is 0 Å². The molecule has 54 heavy (non-hydrogen) atoms. The standard InChI is InChI=1S/C46H78N2O6/c1-29(2)27-33(34(49)28-39(52)53)48-38(51)15-13-11-10-12-14-26-47-41(54)46-23-18-31(30(3)4)40(46)32-16-17-36-43(7)21-20-37(50)42(5,6)35(43)19-22-45(36,9)44(32,8)24-25-46/h29,31-37,40,49-50H,3,10-28H2,1-2,4-9H3,(H,47,54)(H,48,51)(H,52,53)/t31-,32+,33-,34-,35-,36+,37-,40?,43-,44+,45+,46-/m0/s1. The van der Waals surface area contributed by atoms with Crippen LogP contribution >= 0.6 is 0 Å². The molecular formula is C46H78N2O6. The number of hydrogen-bond acceptors (Lipinski definition) is 5. The van der Waals surface area contributed by atoms with Crippen molar-refractivity contribution in [1.29, 1.82) is 0 Å². The van der Waals surface area contributed by atoms with Gasteiger partial charge in [0, 0.05) is 13.0 Å². The number of carbonyl (C=O) groups excluding carboxylic acids is 2. The number of allylic oxidation sites excluding steroid dienone is 1. The molecule has 5 N–H and O–H groups in total. The summed E-state index contributed by atoms with van der Waals surface area (Å²) in [5.41, 5.74) is 1.55. The minimum absolute atomic E-state index is 0.0488. The quantitative estimate of drug-likeness (QED) is 0.0790. The van der Waals surface area contributed by atoms with Crippen molar-refractivity contribution in [1.82, 2.24) is 10.6 Å². The Morgan fingerprint density at radius 1 is 0.815 bits per heavy atom. The fourth-order valence-electron chi connectivity index (χ4n) is 14.3. The Morgan fingerprint density at radius 2 is 1.50 bits per heavy atom. The lowest BCUT2D eigenvalue weighted by Gasteiger charge is -2.72. The number of amides is 2. The van der Waals surface area contributed by atoms with E-state index in [2.05, 4.69) is 58.8 Å². The zero-order valence-electron chi connectivity index (χ0n) is 35.4. The molecule has 0 aromatic heterocycles. The number of carboxylic acid groups (broad SMARTS) is 1. The lowest BCUT2D eigenvalue weighted by molar-refractivity contribution is -0.246. The fourth-order valence-corrected chi connectivity index (χ4v) is 14.3. The Balaban J connectivity index is 1.15. The van der Waals surface area contributed by atoms with Crippen molar-refractivity contribution in [2.75, 3.05) is 6.54 Å². The van der Waals surface area contributed by atoms with Gasteiger partial charge in [0.2, 0.25) is 11.8 Å². The Bertz CT molecular complexity index is 1380. The van der Waals surface area contributed by atoms with E-state index in [-0.39, 0.29) is 57.3 Å². The van der Waals surface area contributed by atoms with E-state index < -0.39 is 18.1 Å². The highest BCUT2D eigenvalue weighted by Crippen LogP contribution is 2.77. The van der Waals surface area contributed by atoms with Gasteiger partial charge in [-0.2, -0.15) is 0 Å². The topological polar surface area (TPSA) is 136 Å². The van der Waals surface area contributed by atoms with Crippen molar-refractivity contribution >= 4 is 17.8 Å². The second-order valence-electron chi connectivity index (χ2n) is 21.0. The smallest absolute Gasteiger partial charge is 0.306 e. The molecule has 0 aromatic rings. The molecule has 0 aromatic carbocycles. The number of nitrogens with one attached hydrogen (secondary N) is 2. The minimum Gasteiger partial charge on any atom is -0.481 e. The van der Waals surface area contributed by atoms with Crippen LogP contribution in [0.1, 0.15) is 171 Å². The van der Waals surface area contributed by atoms with Gasteiger partial charge in [-0.3, -0.25) is 14.4 Å². The Kier molecular flexibility index (Phi) is 13.2. The fraction of sp³-hybridized carbons (Fsp3) is 0.891. The van der Waals surface area contributed by atoms with Gasteiger partial charge >= 0.3 is 5.97 Å². The minimum atomic E-state index is -1.10. The molecule has 8 heteroatoms. The van der Waals surface area contributed by atoms with Crippen LogP contribution < -0.4 is 10.6 Å². The first-order valence-electron chi connectivity index (χ1n) is 22.1. The van der Waals surface area contributed by atoms with Gasteiger partial charge in [0.25, 0.3) is 0 Å². The number of aliphatic carboxylic acids is 1. The van der Waals surface area contributed by atoms with Gasteiger partial charge in [-0.1, -0.05) is 79.9 Å².